The third-order valence-electron chi connectivity index (χ3n) is 4.95. The van der Waals surface area contributed by atoms with Gasteiger partial charge in [0.05, 0.1) is 0 Å². The fourth-order valence-corrected chi connectivity index (χ4v) is 3.97. The molecule has 0 amide bonds. The minimum absolute atomic E-state index is 0.500. The number of likely N-dealkylation sites (N-methyl/N-ethyl adjacent to an activating group) is 1. The van der Waals surface area contributed by atoms with Gasteiger partial charge in [-0.1, -0.05) is 0 Å². The summed E-state index contributed by atoms with van der Waals surface area (Å²) in [4.78, 5) is 18.5. The fourth-order valence-electron chi connectivity index (χ4n) is 3.40. The summed E-state index contributed by atoms with van der Waals surface area (Å²) in [5, 5.41) is 6.81. The Morgan fingerprint density at radius 2 is 2.12 bits per heavy atom. The lowest BCUT2D eigenvalue weighted by atomic mass is 9.93. The number of nitrogens with one attached hydrogen (secondary N) is 1. The van der Waals surface area contributed by atoms with E-state index in [0.29, 0.717) is 6.04 Å². The second kappa shape index (κ2) is 7.13. The van der Waals surface area contributed by atoms with Crippen molar-refractivity contribution in [3.63, 3.8) is 0 Å². The van der Waals surface area contributed by atoms with Crippen LogP contribution in [0.3, 0.4) is 0 Å². The minimum Gasteiger partial charge on any atom is -0.338 e. The number of hydrogen-bond donors (Lipinski definition) is 1. The summed E-state index contributed by atoms with van der Waals surface area (Å²) < 4.78 is 0. The summed E-state index contributed by atoms with van der Waals surface area (Å²) in [6, 6.07) is 0.500. The van der Waals surface area contributed by atoms with Gasteiger partial charge in [-0.05, 0) is 31.9 Å². The number of aryl methyl sites for hydroxylation is 1. The Balaban J connectivity index is 1.38. The largest absolute Gasteiger partial charge is 0.338 e. The van der Waals surface area contributed by atoms with E-state index in [9.17, 15) is 0 Å². The number of anilines is 1. The number of aromatic nitrogens is 3. The Morgan fingerprint density at radius 1 is 1.25 bits per heavy atom. The quantitative estimate of drug-likeness (QED) is 0.903. The fraction of sp³-hybridized carbons (Fsp3) is 0.588. The minimum atomic E-state index is 0.500. The Kier molecular flexibility index (Phi) is 4.73. The first-order valence-electron chi connectivity index (χ1n) is 8.68. The second-order valence-electron chi connectivity index (χ2n) is 6.68. The number of rotatable bonds is 4. The van der Waals surface area contributed by atoms with Crippen LogP contribution < -0.4 is 10.2 Å². The first kappa shape index (κ1) is 15.9. The van der Waals surface area contributed by atoms with Gasteiger partial charge in [0.2, 0.25) is 5.95 Å². The van der Waals surface area contributed by atoms with Crippen LogP contribution in [0, 0.1) is 0 Å². The third-order valence-corrected chi connectivity index (χ3v) is 5.73. The number of thiazole rings is 1. The van der Waals surface area contributed by atoms with Crippen molar-refractivity contribution >= 4 is 17.3 Å². The van der Waals surface area contributed by atoms with Gasteiger partial charge >= 0.3 is 0 Å². The highest BCUT2D eigenvalue weighted by Gasteiger charge is 2.22. The molecule has 7 heteroatoms. The molecule has 128 valence electrons. The average molecular weight is 344 g/mol. The third kappa shape index (κ3) is 3.58. The van der Waals surface area contributed by atoms with Gasteiger partial charge in [0.1, 0.15) is 5.01 Å². The predicted molar refractivity (Wildman–Crippen MR) is 96.5 cm³/mol. The number of fused-ring (bicyclic) bond motifs is 1. The molecule has 2 aromatic rings. The first-order chi connectivity index (χ1) is 11.8. The van der Waals surface area contributed by atoms with Crippen LogP contribution in [0.2, 0.25) is 0 Å². The molecule has 1 aliphatic carbocycles. The molecule has 2 aromatic heterocycles. The zero-order valence-corrected chi connectivity index (χ0v) is 14.9. The summed E-state index contributed by atoms with van der Waals surface area (Å²) >= 11 is 1.71. The second-order valence-corrected chi connectivity index (χ2v) is 7.66. The molecule has 1 aliphatic heterocycles. The monoisotopic (exact) mass is 344 g/mol. The highest BCUT2D eigenvalue weighted by Crippen LogP contribution is 2.22. The Morgan fingerprint density at radius 3 is 2.92 bits per heavy atom. The van der Waals surface area contributed by atoms with Gasteiger partial charge in [-0.3, -0.25) is 0 Å². The van der Waals surface area contributed by atoms with E-state index in [1.807, 2.05) is 17.8 Å². The van der Waals surface area contributed by atoms with Gasteiger partial charge in [0, 0.05) is 62.2 Å². The number of hydrogen-bond acceptors (Lipinski definition) is 7. The van der Waals surface area contributed by atoms with Crippen LogP contribution in [0.25, 0.3) is 0 Å². The summed E-state index contributed by atoms with van der Waals surface area (Å²) in [5.74, 6) is 0.913. The maximum Gasteiger partial charge on any atom is 0.225 e. The summed E-state index contributed by atoms with van der Waals surface area (Å²) in [6.07, 6.45) is 7.11. The molecule has 0 radical (unpaired) electrons. The smallest absolute Gasteiger partial charge is 0.225 e. The molecule has 0 saturated carbocycles. The van der Waals surface area contributed by atoms with Gasteiger partial charge in [-0.2, -0.15) is 0 Å². The Labute approximate surface area is 146 Å². The van der Waals surface area contributed by atoms with Crippen LogP contribution in [0.15, 0.2) is 17.8 Å². The zero-order valence-electron chi connectivity index (χ0n) is 14.1. The highest BCUT2D eigenvalue weighted by molar-refractivity contribution is 7.09. The maximum atomic E-state index is 4.86. The maximum absolute atomic E-state index is 4.86. The van der Waals surface area contributed by atoms with Crippen LogP contribution in [0.1, 0.15) is 22.7 Å². The van der Waals surface area contributed by atoms with E-state index >= 15 is 0 Å². The topological polar surface area (TPSA) is 57.2 Å². The van der Waals surface area contributed by atoms with E-state index < -0.39 is 0 Å². The van der Waals surface area contributed by atoms with E-state index in [2.05, 4.69) is 32.1 Å². The number of piperazine rings is 1. The van der Waals surface area contributed by atoms with E-state index in [1.54, 1.807) is 11.3 Å². The Hall–Kier alpha value is -1.57. The van der Waals surface area contributed by atoms with Crippen molar-refractivity contribution < 1.29 is 0 Å². The molecule has 3 heterocycles. The molecule has 2 aliphatic rings. The van der Waals surface area contributed by atoms with Crippen LogP contribution in [-0.4, -0.2) is 59.1 Å². The van der Waals surface area contributed by atoms with E-state index in [1.165, 1.54) is 11.3 Å². The van der Waals surface area contributed by atoms with Crippen molar-refractivity contribution in [2.75, 3.05) is 38.1 Å². The van der Waals surface area contributed by atoms with Crippen LogP contribution >= 0.6 is 11.3 Å². The van der Waals surface area contributed by atoms with E-state index in [-0.39, 0.29) is 0 Å². The molecule has 1 saturated heterocycles. The van der Waals surface area contributed by atoms with Crippen molar-refractivity contribution in [2.24, 2.45) is 0 Å². The molecule has 1 N–H and O–H groups in total. The predicted octanol–water partition coefficient (Wildman–Crippen LogP) is 1.33. The molecule has 1 unspecified atom stereocenters. The van der Waals surface area contributed by atoms with Gasteiger partial charge in [0.15, 0.2) is 0 Å². The van der Waals surface area contributed by atoms with Gasteiger partial charge in [-0.15, -0.1) is 11.3 Å². The molecular weight excluding hydrogens is 320 g/mol. The standard InChI is InChI=1S/C17H24N6S/c1-22-5-7-23(8-6-22)17-20-11-13-10-14(2-3-15(13)21-17)19-12-16-18-4-9-24-16/h4,9,11,14,19H,2-3,5-8,10,12H2,1H3. The molecule has 0 spiro atoms. The molecule has 4 rings (SSSR count). The molecular formula is C17H24N6S. The van der Waals surface area contributed by atoms with Crippen molar-refractivity contribution in [3.05, 3.63) is 34.0 Å². The number of nitrogens with zero attached hydrogens (tertiary/aromatic N) is 5. The van der Waals surface area contributed by atoms with Crippen molar-refractivity contribution in [1.29, 1.82) is 0 Å². The van der Waals surface area contributed by atoms with Gasteiger partial charge < -0.3 is 15.1 Å². The summed E-state index contributed by atoms with van der Waals surface area (Å²) in [6.45, 7) is 5.07. The van der Waals surface area contributed by atoms with E-state index in [4.69, 9.17) is 4.98 Å². The molecule has 0 bridgehead atoms. The van der Waals surface area contributed by atoms with Crippen LogP contribution in [0.5, 0.6) is 0 Å². The van der Waals surface area contributed by atoms with Crippen LogP contribution in [0.4, 0.5) is 5.95 Å². The van der Waals surface area contributed by atoms with Crippen molar-refractivity contribution in [3.8, 4) is 0 Å². The summed E-state index contributed by atoms with van der Waals surface area (Å²) in [5.41, 5.74) is 2.54. The summed E-state index contributed by atoms with van der Waals surface area (Å²) in [7, 11) is 2.17. The molecule has 0 aromatic carbocycles. The SMILES string of the molecule is CN1CCN(c2ncc3c(n2)CCC(NCc2nccs2)C3)CC1. The van der Waals surface area contributed by atoms with Gasteiger partial charge in [-0.25, -0.2) is 15.0 Å². The van der Waals surface area contributed by atoms with Crippen molar-refractivity contribution in [2.45, 2.75) is 31.8 Å². The molecule has 24 heavy (non-hydrogen) atoms. The van der Waals surface area contributed by atoms with E-state index in [0.717, 1.165) is 62.9 Å². The zero-order chi connectivity index (χ0) is 16.4. The molecule has 1 atom stereocenters. The highest BCUT2D eigenvalue weighted by atomic mass is 32.1. The Bertz CT molecular complexity index is 666. The van der Waals surface area contributed by atoms with Crippen molar-refractivity contribution in [1.82, 2.24) is 25.2 Å². The lowest BCUT2D eigenvalue weighted by molar-refractivity contribution is 0.311. The van der Waals surface area contributed by atoms with Gasteiger partial charge in [0.25, 0.3) is 0 Å². The lowest BCUT2D eigenvalue weighted by Gasteiger charge is -2.33. The molecule has 1 fully saturated rings. The normalized spacial score (nSPS) is 21.7. The average Bonchev–Trinajstić information content (AvgIpc) is 3.13. The van der Waals surface area contributed by atoms with Crippen LogP contribution in [-0.2, 0) is 19.4 Å². The molecule has 6 nitrogen and oxygen atoms in total. The first-order valence-corrected chi connectivity index (χ1v) is 9.56. The lowest BCUT2D eigenvalue weighted by Crippen LogP contribution is -2.45.